The summed E-state index contributed by atoms with van der Waals surface area (Å²) < 4.78 is 6.13. The number of rotatable bonds is 4. The van der Waals surface area contributed by atoms with Crippen molar-refractivity contribution in [2.24, 2.45) is 5.92 Å². The first-order valence-corrected chi connectivity index (χ1v) is 8.86. The van der Waals surface area contributed by atoms with Gasteiger partial charge >= 0.3 is 5.97 Å². The second-order valence-corrected chi connectivity index (χ2v) is 6.95. The number of carbonyl (C=O) groups excluding carboxylic acids is 1. The van der Waals surface area contributed by atoms with Crippen LogP contribution in [0.2, 0.25) is 5.02 Å². The van der Waals surface area contributed by atoms with E-state index in [-0.39, 0.29) is 29.3 Å². The van der Waals surface area contributed by atoms with Crippen LogP contribution in [-0.2, 0) is 9.53 Å². The van der Waals surface area contributed by atoms with Gasteiger partial charge in [-0.25, -0.2) is 0 Å². The number of methoxy groups -OCH3 is 1. The molecule has 134 valence electrons. The predicted molar refractivity (Wildman–Crippen MR) is 94.1 cm³/mol. The highest BCUT2D eigenvalue weighted by atomic mass is 35.5. The Morgan fingerprint density at radius 1 is 1.40 bits per heavy atom. The Morgan fingerprint density at radius 2 is 2.12 bits per heavy atom. The molecule has 0 saturated heterocycles. The van der Waals surface area contributed by atoms with Crippen LogP contribution in [0.15, 0.2) is 23.1 Å². The zero-order valence-electron chi connectivity index (χ0n) is 14.1. The molecular formula is C18H21ClN2O4. The maximum absolute atomic E-state index is 13.0. The van der Waals surface area contributed by atoms with Gasteiger partial charge < -0.3 is 9.84 Å². The monoisotopic (exact) mass is 364 g/mol. The fraction of sp³-hybridized carbons (Fsp3) is 0.500. The van der Waals surface area contributed by atoms with Crippen LogP contribution in [0, 0.1) is 5.92 Å². The number of aromatic hydroxyl groups is 1. The van der Waals surface area contributed by atoms with Gasteiger partial charge in [-0.2, -0.15) is 4.98 Å². The fourth-order valence-corrected chi connectivity index (χ4v) is 3.90. The zero-order chi connectivity index (χ0) is 18.0. The minimum Gasteiger partial charge on any atom is -0.493 e. The summed E-state index contributed by atoms with van der Waals surface area (Å²) in [4.78, 5) is 29.1. The number of halogens is 1. The standard InChI is InChI=1S/C18H21ClN2O4/c1-25-15(22)9-13(11-5-3-2-4-6-11)16-17(23)20-14-8-7-12(19)10-21(14)18(16)24/h7-8,10-11,13,23H,2-6,9H2,1H3/t13-/m0/s1. The van der Waals surface area contributed by atoms with E-state index in [2.05, 4.69) is 4.98 Å². The van der Waals surface area contributed by atoms with Gasteiger partial charge in [0.1, 0.15) is 5.65 Å². The fourth-order valence-electron chi connectivity index (χ4n) is 3.74. The summed E-state index contributed by atoms with van der Waals surface area (Å²) >= 11 is 5.99. The second-order valence-electron chi connectivity index (χ2n) is 6.51. The number of nitrogens with zero attached hydrogens (tertiary/aromatic N) is 2. The molecule has 7 heteroatoms. The van der Waals surface area contributed by atoms with Crippen molar-refractivity contribution in [3.63, 3.8) is 0 Å². The Hall–Kier alpha value is -2.08. The van der Waals surface area contributed by atoms with Crippen molar-refractivity contribution < 1.29 is 14.6 Å². The first kappa shape index (κ1) is 17.7. The number of fused-ring (bicyclic) bond motifs is 1. The highest BCUT2D eigenvalue weighted by Crippen LogP contribution is 2.39. The number of carbonyl (C=O) groups is 1. The molecule has 1 fully saturated rings. The molecular weight excluding hydrogens is 344 g/mol. The summed E-state index contributed by atoms with van der Waals surface area (Å²) in [6, 6.07) is 3.18. The van der Waals surface area contributed by atoms with Gasteiger partial charge in [-0.15, -0.1) is 0 Å². The molecule has 0 unspecified atom stereocenters. The SMILES string of the molecule is COC(=O)C[C@H](c1c(O)nc2ccc(Cl)cn2c1=O)C1CCCCC1. The molecule has 25 heavy (non-hydrogen) atoms. The summed E-state index contributed by atoms with van der Waals surface area (Å²) in [5.41, 5.74) is 0.109. The number of aromatic nitrogens is 2. The molecule has 1 atom stereocenters. The van der Waals surface area contributed by atoms with Crippen molar-refractivity contribution in [3.05, 3.63) is 39.3 Å². The van der Waals surface area contributed by atoms with Crippen LogP contribution in [0.1, 0.15) is 50.0 Å². The van der Waals surface area contributed by atoms with Gasteiger partial charge in [-0.05, 0) is 30.9 Å². The number of hydrogen-bond donors (Lipinski definition) is 1. The average molecular weight is 365 g/mol. The number of pyridine rings is 1. The van der Waals surface area contributed by atoms with Gasteiger partial charge in [-0.3, -0.25) is 14.0 Å². The molecule has 2 heterocycles. The van der Waals surface area contributed by atoms with Crippen LogP contribution in [0.25, 0.3) is 5.65 Å². The number of ether oxygens (including phenoxy) is 1. The Morgan fingerprint density at radius 3 is 2.80 bits per heavy atom. The topological polar surface area (TPSA) is 80.9 Å². The third-order valence-corrected chi connectivity index (χ3v) is 5.23. The third-order valence-electron chi connectivity index (χ3n) is 5.01. The maximum atomic E-state index is 13.0. The smallest absolute Gasteiger partial charge is 0.306 e. The lowest BCUT2D eigenvalue weighted by Crippen LogP contribution is -2.28. The minimum atomic E-state index is -0.413. The van der Waals surface area contributed by atoms with E-state index in [1.807, 2.05) is 0 Å². The molecule has 1 aliphatic carbocycles. The molecule has 1 saturated carbocycles. The zero-order valence-corrected chi connectivity index (χ0v) is 14.8. The van der Waals surface area contributed by atoms with Crippen LogP contribution in [0.3, 0.4) is 0 Å². The van der Waals surface area contributed by atoms with Gasteiger partial charge in [0.05, 0.1) is 24.1 Å². The largest absolute Gasteiger partial charge is 0.493 e. The van der Waals surface area contributed by atoms with E-state index in [0.29, 0.717) is 10.7 Å². The molecule has 0 radical (unpaired) electrons. The van der Waals surface area contributed by atoms with Gasteiger partial charge in [0, 0.05) is 12.1 Å². The number of esters is 1. The second kappa shape index (κ2) is 7.44. The minimum absolute atomic E-state index is 0.0538. The first-order valence-electron chi connectivity index (χ1n) is 8.49. The Kier molecular flexibility index (Phi) is 5.27. The highest BCUT2D eigenvalue weighted by Gasteiger charge is 2.32. The average Bonchev–Trinajstić information content (AvgIpc) is 2.62. The molecule has 2 aromatic heterocycles. The molecule has 1 aliphatic rings. The first-order chi connectivity index (χ1) is 12.0. The summed E-state index contributed by atoms with van der Waals surface area (Å²) in [5, 5.41) is 10.8. The summed E-state index contributed by atoms with van der Waals surface area (Å²) in [6.07, 6.45) is 6.62. The summed E-state index contributed by atoms with van der Waals surface area (Å²) in [7, 11) is 1.32. The molecule has 2 aromatic rings. The summed E-state index contributed by atoms with van der Waals surface area (Å²) in [6.45, 7) is 0. The van der Waals surface area contributed by atoms with E-state index < -0.39 is 11.9 Å². The van der Waals surface area contributed by atoms with Gasteiger partial charge in [-0.1, -0.05) is 30.9 Å². The van der Waals surface area contributed by atoms with Crippen LogP contribution in [0.5, 0.6) is 5.88 Å². The molecule has 3 rings (SSSR count). The van der Waals surface area contributed by atoms with Gasteiger partial charge in [0.2, 0.25) is 5.88 Å². The van der Waals surface area contributed by atoms with Crippen LogP contribution < -0.4 is 5.56 Å². The van der Waals surface area contributed by atoms with Crippen LogP contribution in [0.4, 0.5) is 0 Å². The maximum Gasteiger partial charge on any atom is 0.306 e. The highest BCUT2D eigenvalue weighted by molar-refractivity contribution is 6.30. The van der Waals surface area contributed by atoms with Crippen LogP contribution in [-0.4, -0.2) is 27.6 Å². The molecule has 1 N–H and O–H groups in total. The number of hydrogen-bond acceptors (Lipinski definition) is 5. The van der Waals surface area contributed by atoms with Crippen molar-refractivity contribution in [1.29, 1.82) is 0 Å². The van der Waals surface area contributed by atoms with E-state index in [1.165, 1.54) is 17.7 Å². The van der Waals surface area contributed by atoms with Crippen molar-refractivity contribution in [1.82, 2.24) is 9.38 Å². The molecule has 6 nitrogen and oxygen atoms in total. The van der Waals surface area contributed by atoms with Crippen molar-refractivity contribution >= 4 is 23.2 Å². The summed E-state index contributed by atoms with van der Waals surface area (Å²) in [5.74, 6) is -0.980. The van der Waals surface area contributed by atoms with E-state index in [1.54, 1.807) is 12.1 Å². The predicted octanol–water partition coefficient (Wildman–Crippen LogP) is 3.28. The Bertz CT molecular complexity index is 843. The molecule has 0 aliphatic heterocycles. The lowest BCUT2D eigenvalue weighted by molar-refractivity contribution is -0.141. The normalized spacial score (nSPS) is 16.7. The molecule has 0 spiro atoms. The lowest BCUT2D eigenvalue weighted by atomic mass is 9.75. The van der Waals surface area contributed by atoms with E-state index in [0.717, 1.165) is 32.1 Å². The van der Waals surface area contributed by atoms with Crippen molar-refractivity contribution in [2.45, 2.75) is 44.4 Å². The van der Waals surface area contributed by atoms with Crippen molar-refractivity contribution in [3.8, 4) is 5.88 Å². The van der Waals surface area contributed by atoms with E-state index >= 15 is 0 Å². The molecule has 0 amide bonds. The molecule has 0 aromatic carbocycles. The van der Waals surface area contributed by atoms with Gasteiger partial charge in [0.25, 0.3) is 5.56 Å². The quantitative estimate of drug-likeness (QED) is 0.842. The van der Waals surface area contributed by atoms with E-state index in [9.17, 15) is 14.7 Å². The van der Waals surface area contributed by atoms with E-state index in [4.69, 9.17) is 16.3 Å². The van der Waals surface area contributed by atoms with Crippen LogP contribution >= 0.6 is 11.6 Å². The van der Waals surface area contributed by atoms with Crippen molar-refractivity contribution in [2.75, 3.05) is 7.11 Å². The third kappa shape index (κ3) is 3.63. The Balaban J connectivity index is 2.13. The lowest BCUT2D eigenvalue weighted by Gasteiger charge is -2.29. The molecule has 0 bridgehead atoms. The van der Waals surface area contributed by atoms with Gasteiger partial charge in [0.15, 0.2) is 0 Å². The Labute approximate surface area is 150 Å².